The Balaban J connectivity index is 2.25. The van der Waals surface area contributed by atoms with Gasteiger partial charge in [-0.05, 0) is 18.2 Å². The molecule has 0 aromatic carbocycles. The van der Waals surface area contributed by atoms with Crippen molar-refractivity contribution in [3.05, 3.63) is 17.0 Å². The van der Waals surface area contributed by atoms with Crippen LogP contribution >= 0.6 is 34.7 Å². The van der Waals surface area contributed by atoms with Gasteiger partial charge in [-0.25, -0.2) is 9.97 Å². The van der Waals surface area contributed by atoms with Crippen molar-refractivity contribution in [3.8, 4) is 0 Å². The number of hydrogen-bond donors (Lipinski definition) is 0. The van der Waals surface area contributed by atoms with Crippen molar-refractivity contribution in [3.63, 3.8) is 0 Å². The molecule has 0 spiro atoms. The van der Waals surface area contributed by atoms with E-state index in [1.54, 1.807) is 0 Å². The van der Waals surface area contributed by atoms with Crippen molar-refractivity contribution in [1.29, 1.82) is 0 Å². The van der Waals surface area contributed by atoms with Gasteiger partial charge in [0.25, 0.3) is 0 Å². The molecule has 18 heavy (non-hydrogen) atoms. The van der Waals surface area contributed by atoms with Crippen LogP contribution in [0.3, 0.4) is 0 Å². The molecule has 0 N–H and O–H groups in total. The Hall–Kier alpha value is -0.920. The summed E-state index contributed by atoms with van der Waals surface area (Å²) >= 11 is 9.04. The Kier molecular flexibility index (Phi) is 4.36. The van der Waals surface area contributed by atoms with Gasteiger partial charge in [0.15, 0.2) is 4.34 Å². The summed E-state index contributed by atoms with van der Waals surface area (Å²) in [5, 5.41) is 10.4. The minimum Gasteiger partial charge on any atom is -0.353 e. The first kappa shape index (κ1) is 13.5. The molecule has 5 nitrogen and oxygen atoms in total. The zero-order valence-corrected chi connectivity index (χ0v) is 12.6. The van der Waals surface area contributed by atoms with Crippen LogP contribution < -0.4 is 4.90 Å². The molecule has 0 amide bonds. The van der Waals surface area contributed by atoms with E-state index in [0.717, 1.165) is 26.5 Å². The lowest BCUT2D eigenvalue weighted by Crippen LogP contribution is -2.07. The zero-order chi connectivity index (χ0) is 13.1. The lowest BCUT2D eigenvalue weighted by atomic mass is 10.3. The van der Waals surface area contributed by atoms with Gasteiger partial charge in [0.05, 0.1) is 0 Å². The lowest BCUT2D eigenvalue weighted by molar-refractivity contribution is 0.935. The van der Waals surface area contributed by atoms with Gasteiger partial charge in [-0.1, -0.05) is 29.9 Å². The largest absolute Gasteiger partial charge is 0.353 e. The molecule has 0 aliphatic rings. The van der Waals surface area contributed by atoms with Gasteiger partial charge >= 0.3 is 0 Å². The van der Waals surface area contributed by atoms with Crippen LogP contribution in [0, 0.1) is 0 Å². The molecule has 0 bridgehead atoms. The highest BCUT2D eigenvalue weighted by molar-refractivity contribution is 8.01. The predicted molar refractivity (Wildman–Crippen MR) is 74.8 cm³/mol. The SMILES string of the molecule is CCc1c(Cl)ncnc1Sc1nnc(N(C)C)s1. The molecule has 0 saturated carbocycles. The molecule has 96 valence electrons. The summed E-state index contributed by atoms with van der Waals surface area (Å²) in [5.74, 6) is 0. The van der Waals surface area contributed by atoms with Gasteiger partial charge < -0.3 is 4.90 Å². The zero-order valence-electron chi connectivity index (χ0n) is 10.2. The third kappa shape index (κ3) is 2.90. The summed E-state index contributed by atoms with van der Waals surface area (Å²) in [5.41, 5.74) is 0.950. The van der Waals surface area contributed by atoms with Gasteiger partial charge in [-0.2, -0.15) is 0 Å². The van der Waals surface area contributed by atoms with Crippen molar-refractivity contribution in [2.75, 3.05) is 19.0 Å². The summed E-state index contributed by atoms with van der Waals surface area (Å²) < 4.78 is 0.850. The summed E-state index contributed by atoms with van der Waals surface area (Å²) in [4.78, 5) is 10.2. The highest BCUT2D eigenvalue weighted by Gasteiger charge is 2.13. The second-order valence-corrected chi connectivity index (χ2v) is 6.20. The van der Waals surface area contributed by atoms with Crippen LogP contribution in [0.1, 0.15) is 12.5 Å². The van der Waals surface area contributed by atoms with E-state index >= 15 is 0 Å². The maximum Gasteiger partial charge on any atom is 0.208 e. The van der Waals surface area contributed by atoms with Crippen molar-refractivity contribution >= 4 is 39.8 Å². The Morgan fingerprint density at radius 1 is 1.33 bits per heavy atom. The molecular weight excluding hydrogens is 290 g/mol. The van der Waals surface area contributed by atoms with E-state index in [2.05, 4.69) is 20.2 Å². The second kappa shape index (κ2) is 5.81. The molecule has 0 unspecified atom stereocenters. The smallest absolute Gasteiger partial charge is 0.208 e. The molecule has 2 aromatic heterocycles. The van der Waals surface area contributed by atoms with Gasteiger partial charge in [0.1, 0.15) is 16.5 Å². The number of rotatable bonds is 4. The Bertz CT molecular complexity index is 543. The topological polar surface area (TPSA) is 54.8 Å². The lowest BCUT2D eigenvalue weighted by Gasteiger charge is -2.05. The van der Waals surface area contributed by atoms with Gasteiger partial charge in [0, 0.05) is 19.7 Å². The molecule has 8 heteroatoms. The molecule has 2 heterocycles. The summed E-state index contributed by atoms with van der Waals surface area (Å²) in [6.45, 7) is 2.03. The molecular formula is C10H12ClN5S2. The quantitative estimate of drug-likeness (QED) is 0.809. The van der Waals surface area contributed by atoms with E-state index in [0.29, 0.717) is 5.15 Å². The van der Waals surface area contributed by atoms with E-state index in [9.17, 15) is 0 Å². The number of anilines is 1. The van der Waals surface area contributed by atoms with Crippen LogP contribution in [0.15, 0.2) is 15.7 Å². The average molecular weight is 302 g/mol. The molecule has 2 rings (SSSR count). The van der Waals surface area contributed by atoms with Crippen LogP contribution in [0.2, 0.25) is 5.15 Å². The van der Waals surface area contributed by atoms with Crippen molar-refractivity contribution in [1.82, 2.24) is 20.2 Å². The third-order valence-corrected chi connectivity index (χ3v) is 4.68. The minimum atomic E-state index is 0.507. The fourth-order valence-corrected chi connectivity index (χ4v) is 3.43. The maximum absolute atomic E-state index is 6.05. The van der Waals surface area contributed by atoms with Crippen molar-refractivity contribution in [2.24, 2.45) is 0 Å². The first-order valence-corrected chi connectivity index (χ1v) is 7.31. The number of halogens is 1. The average Bonchev–Trinajstić information content (AvgIpc) is 2.78. The van der Waals surface area contributed by atoms with E-state index in [1.807, 2.05) is 25.9 Å². The van der Waals surface area contributed by atoms with Crippen LogP contribution in [0.25, 0.3) is 0 Å². The first-order valence-electron chi connectivity index (χ1n) is 5.29. The van der Waals surface area contributed by atoms with E-state index in [-0.39, 0.29) is 0 Å². The molecule has 0 fully saturated rings. The molecule has 0 atom stereocenters. The van der Waals surface area contributed by atoms with Crippen molar-refractivity contribution in [2.45, 2.75) is 22.7 Å². The Labute approximate surface area is 119 Å². The van der Waals surface area contributed by atoms with Crippen molar-refractivity contribution < 1.29 is 0 Å². The molecule has 0 aliphatic carbocycles. The fourth-order valence-electron chi connectivity index (χ4n) is 1.27. The molecule has 0 radical (unpaired) electrons. The monoisotopic (exact) mass is 301 g/mol. The molecule has 0 aliphatic heterocycles. The molecule has 2 aromatic rings. The second-order valence-electron chi connectivity index (χ2n) is 3.65. The van der Waals surface area contributed by atoms with E-state index < -0.39 is 0 Å². The van der Waals surface area contributed by atoms with Crippen LogP contribution in [0.5, 0.6) is 0 Å². The normalized spacial score (nSPS) is 10.7. The van der Waals surface area contributed by atoms with E-state index in [4.69, 9.17) is 11.6 Å². The summed E-state index contributed by atoms with van der Waals surface area (Å²) in [7, 11) is 3.88. The fraction of sp³-hybridized carbons (Fsp3) is 0.400. The first-order chi connectivity index (χ1) is 8.61. The number of nitrogens with zero attached hydrogens (tertiary/aromatic N) is 5. The number of aromatic nitrogens is 4. The summed E-state index contributed by atoms with van der Waals surface area (Å²) in [6.07, 6.45) is 2.26. The van der Waals surface area contributed by atoms with Crippen LogP contribution in [0.4, 0.5) is 5.13 Å². The van der Waals surface area contributed by atoms with Crippen LogP contribution in [-0.2, 0) is 6.42 Å². The molecule has 0 saturated heterocycles. The van der Waals surface area contributed by atoms with Crippen LogP contribution in [-0.4, -0.2) is 34.3 Å². The minimum absolute atomic E-state index is 0.507. The van der Waals surface area contributed by atoms with E-state index in [1.165, 1.54) is 29.4 Å². The highest BCUT2D eigenvalue weighted by atomic mass is 35.5. The third-order valence-electron chi connectivity index (χ3n) is 2.17. The standard InChI is InChI=1S/C10H12ClN5S2/c1-4-6-7(11)12-5-13-8(6)17-10-15-14-9(18-10)16(2)3/h5H,4H2,1-3H3. The highest BCUT2D eigenvalue weighted by Crippen LogP contribution is 2.34. The van der Waals surface area contributed by atoms with Gasteiger partial charge in [-0.3, -0.25) is 0 Å². The Morgan fingerprint density at radius 2 is 2.11 bits per heavy atom. The summed E-state index contributed by atoms with van der Waals surface area (Å²) in [6, 6.07) is 0. The maximum atomic E-state index is 6.05. The number of hydrogen-bond acceptors (Lipinski definition) is 7. The Morgan fingerprint density at radius 3 is 2.72 bits per heavy atom. The van der Waals surface area contributed by atoms with Gasteiger partial charge in [-0.15, -0.1) is 10.2 Å². The predicted octanol–water partition coefficient (Wildman–Crippen LogP) is 2.76. The van der Waals surface area contributed by atoms with Gasteiger partial charge in [0.2, 0.25) is 5.13 Å².